The van der Waals surface area contributed by atoms with Crippen molar-refractivity contribution in [3.63, 3.8) is 0 Å². The number of rotatable bonds is 7. The van der Waals surface area contributed by atoms with Gasteiger partial charge < -0.3 is 44.7 Å². The Hall–Kier alpha value is -2.87. The number of carbonyl (C=O) groups is 1. The van der Waals surface area contributed by atoms with E-state index in [9.17, 15) is 30.0 Å². The first-order valence-corrected chi connectivity index (χ1v) is 13.6. The zero-order chi connectivity index (χ0) is 28.4. The number of carbonyl (C=O) groups excluding carboxylic acids is 1. The molecule has 2 aromatic rings. The van der Waals surface area contributed by atoms with E-state index in [1.165, 1.54) is 32.9 Å². The number of methoxy groups -OCH3 is 2. The summed E-state index contributed by atoms with van der Waals surface area (Å²) in [6.45, 7) is 0.815. The molecule has 0 aromatic heterocycles. The van der Waals surface area contributed by atoms with Crippen LogP contribution in [0.15, 0.2) is 34.0 Å². The number of benzene rings is 1. The number of aryl methyl sites for hydroxylation is 1. The molecular formula is C27H33NO10S. The smallest absolute Gasteiger partial charge is 0.229 e. The van der Waals surface area contributed by atoms with Gasteiger partial charge in [-0.25, -0.2) is 0 Å². The van der Waals surface area contributed by atoms with Crippen molar-refractivity contribution in [2.45, 2.75) is 61.4 Å². The van der Waals surface area contributed by atoms with Gasteiger partial charge in [0.15, 0.2) is 16.9 Å². The molecule has 2 aliphatic rings. The number of nitrogens with one attached hydrogen (secondary N) is 1. The predicted octanol–water partition coefficient (Wildman–Crippen LogP) is 0.755. The van der Waals surface area contributed by atoms with Crippen LogP contribution in [0.5, 0.6) is 17.2 Å². The molecule has 1 heterocycles. The molecule has 1 aliphatic heterocycles. The van der Waals surface area contributed by atoms with Gasteiger partial charge in [0.2, 0.25) is 17.9 Å². The highest BCUT2D eigenvalue weighted by Crippen LogP contribution is 2.50. The quantitative estimate of drug-likeness (QED) is 0.302. The number of thioether (sulfide) groups is 1. The van der Waals surface area contributed by atoms with Crippen LogP contribution in [0.25, 0.3) is 11.1 Å². The Morgan fingerprint density at radius 3 is 2.44 bits per heavy atom. The molecule has 11 nitrogen and oxygen atoms in total. The largest absolute Gasteiger partial charge is 0.492 e. The monoisotopic (exact) mass is 563 g/mol. The summed E-state index contributed by atoms with van der Waals surface area (Å²) in [6, 6.07) is 6.34. The van der Waals surface area contributed by atoms with Gasteiger partial charge in [-0.15, -0.1) is 11.8 Å². The minimum absolute atomic E-state index is 0.131. The highest BCUT2D eigenvalue weighted by Gasteiger charge is 2.45. The molecule has 1 saturated heterocycles. The number of ether oxygens (including phenoxy) is 4. The predicted molar refractivity (Wildman–Crippen MR) is 142 cm³/mol. The third kappa shape index (κ3) is 5.58. The summed E-state index contributed by atoms with van der Waals surface area (Å²) < 4.78 is 23.0. The molecule has 1 aliphatic carbocycles. The fraction of sp³-hybridized carbons (Fsp3) is 0.481. The van der Waals surface area contributed by atoms with Gasteiger partial charge in [0.25, 0.3) is 0 Å². The SMILES string of the molecule is COc1c(O[C@@H]2O[C@@H](CO)[C@@H](O)[C@@H](O)[C@H]2O)cc2c(c1OC)-c1ccc(SC)c(=O)cc1[C@H](NC(C)=O)CC2. The maximum Gasteiger partial charge on any atom is 0.229 e. The normalized spacial score (nSPS) is 26.1. The Morgan fingerprint density at radius 1 is 1.10 bits per heavy atom. The van der Waals surface area contributed by atoms with Gasteiger partial charge in [-0.1, -0.05) is 6.07 Å². The number of hydrogen-bond acceptors (Lipinski definition) is 11. The standard InChI is InChI=1S/C27H33NO10S/c1-12(30)28-16-7-5-13-9-18(37-27-24(34)23(33)22(32)19(11-29)38-27)25(35-2)26(36-3)21(13)14-6-8-20(39-4)17(31)10-15(14)16/h6,8-10,16,19,22-24,27,29,32-34H,5,7,11H2,1-4H3,(H,28,30)/t16-,19+,22-,23-,24-,27-/m1/s1. The molecule has 4 rings (SSSR count). The van der Waals surface area contributed by atoms with Crippen LogP contribution in [0.1, 0.15) is 30.5 Å². The Kier molecular flexibility index (Phi) is 9.04. The molecule has 6 atom stereocenters. The Morgan fingerprint density at radius 2 is 1.82 bits per heavy atom. The van der Waals surface area contributed by atoms with E-state index >= 15 is 0 Å². The molecule has 0 unspecified atom stereocenters. The second kappa shape index (κ2) is 12.1. The molecule has 0 saturated carbocycles. The zero-order valence-electron chi connectivity index (χ0n) is 22.0. The van der Waals surface area contributed by atoms with Crippen LogP contribution in [-0.4, -0.2) is 84.1 Å². The van der Waals surface area contributed by atoms with Crippen molar-refractivity contribution in [3.05, 3.63) is 45.6 Å². The van der Waals surface area contributed by atoms with Crippen LogP contribution in [0.2, 0.25) is 0 Å². The zero-order valence-corrected chi connectivity index (χ0v) is 22.9. The first kappa shape index (κ1) is 29.1. The minimum Gasteiger partial charge on any atom is -0.492 e. The summed E-state index contributed by atoms with van der Waals surface area (Å²) in [5, 5.41) is 43.4. The first-order valence-electron chi connectivity index (χ1n) is 12.4. The van der Waals surface area contributed by atoms with Crippen molar-refractivity contribution in [2.24, 2.45) is 0 Å². The summed E-state index contributed by atoms with van der Waals surface area (Å²) in [5.41, 5.74) is 2.55. The number of aliphatic hydroxyl groups is 4. The average Bonchev–Trinajstić information content (AvgIpc) is 3.16. The molecule has 2 aromatic carbocycles. The molecule has 39 heavy (non-hydrogen) atoms. The average molecular weight is 564 g/mol. The van der Waals surface area contributed by atoms with E-state index in [4.69, 9.17) is 18.9 Å². The topological polar surface area (TPSA) is 164 Å². The molecule has 5 N–H and O–H groups in total. The minimum atomic E-state index is -1.62. The molecule has 1 amide bonds. The third-order valence-electron chi connectivity index (χ3n) is 6.97. The van der Waals surface area contributed by atoms with Crippen molar-refractivity contribution < 1.29 is 44.2 Å². The fourth-order valence-electron chi connectivity index (χ4n) is 5.09. The van der Waals surface area contributed by atoms with E-state index in [1.807, 2.05) is 12.3 Å². The Balaban J connectivity index is 1.89. The van der Waals surface area contributed by atoms with E-state index in [-0.39, 0.29) is 22.8 Å². The van der Waals surface area contributed by atoms with Crippen LogP contribution in [-0.2, 0) is 16.0 Å². The highest BCUT2D eigenvalue weighted by atomic mass is 32.2. The number of fused-ring (bicyclic) bond motifs is 3. The third-order valence-corrected chi connectivity index (χ3v) is 7.75. The molecule has 1 fully saturated rings. The summed E-state index contributed by atoms with van der Waals surface area (Å²) in [7, 11) is 2.87. The van der Waals surface area contributed by atoms with Gasteiger partial charge >= 0.3 is 0 Å². The van der Waals surface area contributed by atoms with E-state index in [1.54, 1.807) is 18.2 Å². The van der Waals surface area contributed by atoms with Gasteiger partial charge in [0.1, 0.15) is 24.4 Å². The van der Waals surface area contributed by atoms with Gasteiger partial charge in [0.05, 0.1) is 31.8 Å². The summed E-state index contributed by atoms with van der Waals surface area (Å²) in [5.74, 6) is 0.350. The van der Waals surface area contributed by atoms with Gasteiger partial charge in [-0.2, -0.15) is 0 Å². The molecule has 12 heteroatoms. The molecular weight excluding hydrogens is 530 g/mol. The molecule has 0 radical (unpaired) electrons. The second-order valence-corrected chi connectivity index (χ2v) is 10.2. The van der Waals surface area contributed by atoms with Gasteiger partial charge in [-0.05, 0) is 54.0 Å². The van der Waals surface area contributed by atoms with Gasteiger partial charge in [-0.3, -0.25) is 9.59 Å². The Labute approximate surface area is 229 Å². The molecule has 0 spiro atoms. The van der Waals surface area contributed by atoms with E-state index in [2.05, 4.69) is 5.32 Å². The first-order chi connectivity index (χ1) is 18.6. The van der Waals surface area contributed by atoms with Crippen LogP contribution in [0.3, 0.4) is 0 Å². The van der Waals surface area contributed by atoms with Crippen LogP contribution >= 0.6 is 11.8 Å². The highest BCUT2D eigenvalue weighted by molar-refractivity contribution is 7.98. The second-order valence-electron chi connectivity index (χ2n) is 9.36. The molecule has 212 valence electrons. The Bertz CT molecular complexity index is 1290. The summed E-state index contributed by atoms with van der Waals surface area (Å²) in [4.78, 5) is 25.6. The lowest BCUT2D eigenvalue weighted by molar-refractivity contribution is -0.277. The van der Waals surface area contributed by atoms with Gasteiger partial charge in [0, 0.05) is 12.5 Å². The van der Waals surface area contributed by atoms with E-state index < -0.39 is 43.4 Å². The van der Waals surface area contributed by atoms with Crippen LogP contribution < -0.4 is 25.0 Å². The maximum atomic E-state index is 13.0. The van der Waals surface area contributed by atoms with Crippen LogP contribution in [0, 0.1) is 0 Å². The van der Waals surface area contributed by atoms with Crippen molar-refractivity contribution >= 4 is 17.7 Å². The van der Waals surface area contributed by atoms with Crippen molar-refractivity contribution in [2.75, 3.05) is 27.1 Å². The lowest BCUT2D eigenvalue weighted by Crippen LogP contribution is -2.60. The van der Waals surface area contributed by atoms with Crippen molar-refractivity contribution in [3.8, 4) is 28.4 Å². The number of hydrogen-bond donors (Lipinski definition) is 5. The van der Waals surface area contributed by atoms with Crippen molar-refractivity contribution in [1.82, 2.24) is 5.32 Å². The van der Waals surface area contributed by atoms with E-state index in [0.29, 0.717) is 40.2 Å². The fourth-order valence-corrected chi connectivity index (χ4v) is 5.55. The number of aliphatic hydroxyl groups excluding tert-OH is 4. The summed E-state index contributed by atoms with van der Waals surface area (Å²) in [6.07, 6.45) is -4.64. The lowest BCUT2D eigenvalue weighted by atomic mass is 9.95. The lowest BCUT2D eigenvalue weighted by Gasteiger charge is -2.39. The van der Waals surface area contributed by atoms with E-state index in [0.717, 1.165) is 5.56 Å². The molecule has 0 bridgehead atoms. The van der Waals surface area contributed by atoms with Crippen molar-refractivity contribution in [1.29, 1.82) is 0 Å². The number of amides is 1. The summed E-state index contributed by atoms with van der Waals surface area (Å²) >= 11 is 1.32. The van der Waals surface area contributed by atoms with Crippen LogP contribution in [0.4, 0.5) is 0 Å². The maximum absolute atomic E-state index is 13.0.